The van der Waals surface area contributed by atoms with Gasteiger partial charge in [0.2, 0.25) is 0 Å². The highest BCUT2D eigenvalue weighted by molar-refractivity contribution is 5.35. The number of halogens is 3. The summed E-state index contributed by atoms with van der Waals surface area (Å²) in [6.45, 7) is -0.296. The zero-order valence-electron chi connectivity index (χ0n) is 11.0. The van der Waals surface area contributed by atoms with Gasteiger partial charge in [-0.2, -0.15) is 13.2 Å². The van der Waals surface area contributed by atoms with Crippen molar-refractivity contribution < 1.29 is 23.0 Å². The number of para-hydroxylation sites is 1. The zero-order chi connectivity index (χ0) is 15.3. The van der Waals surface area contributed by atoms with Crippen LogP contribution in [0.25, 0.3) is 0 Å². The van der Waals surface area contributed by atoms with Crippen molar-refractivity contribution in [3.63, 3.8) is 0 Å². The highest BCUT2D eigenvalue weighted by atomic mass is 19.4. The Morgan fingerprint density at radius 3 is 2.52 bits per heavy atom. The second-order valence-electron chi connectivity index (χ2n) is 4.47. The van der Waals surface area contributed by atoms with Crippen molar-refractivity contribution in [2.24, 2.45) is 0 Å². The molecule has 1 aromatic heterocycles. The molecule has 1 atom stereocenters. The van der Waals surface area contributed by atoms with E-state index in [2.05, 4.69) is 4.98 Å². The van der Waals surface area contributed by atoms with E-state index in [4.69, 9.17) is 4.74 Å². The van der Waals surface area contributed by atoms with Crippen molar-refractivity contribution in [2.75, 3.05) is 13.2 Å². The molecular weight excluding hydrogens is 283 g/mol. The van der Waals surface area contributed by atoms with Gasteiger partial charge in [0.15, 0.2) is 0 Å². The first kappa shape index (κ1) is 15.3. The first-order valence-electron chi connectivity index (χ1n) is 6.32. The number of hydrogen-bond donors (Lipinski definition) is 1. The van der Waals surface area contributed by atoms with Crippen LogP contribution in [0.15, 0.2) is 48.8 Å². The molecule has 0 saturated heterocycles. The normalized spacial score (nSPS) is 13.0. The lowest BCUT2D eigenvalue weighted by Crippen LogP contribution is -2.16. The molecule has 1 aromatic carbocycles. The van der Waals surface area contributed by atoms with Crippen LogP contribution >= 0.6 is 0 Å². The molecule has 1 unspecified atom stereocenters. The van der Waals surface area contributed by atoms with Crippen molar-refractivity contribution in [3.05, 3.63) is 59.9 Å². The van der Waals surface area contributed by atoms with Crippen molar-refractivity contribution in [3.8, 4) is 5.75 Å². The summed E-state index contributed by atoms with van der Waals surface area (Å²) >= 11 is 0. The monoisotopic (exact) mass is 297 g/mol. The third-order valence-electron chi connectivity index (χ3n) is 3.01. The van der Waals surface area contributed by atoms with Crippen molar-refractivity contribution in [1.29, 1.82) is 0 Å². The molecule has 0 aliphatic rings. The van der Waals surface area contributed by atoms with Gasteiger partial charge >= 0.3 is 6.18 Å². The lowest BCUT2D eigenvalue weighted by Gasteiger charge is -2.18. The first-order valence-corrected chi connectivity index (χ1v) is 6.32. The second kappa shape index (κ2) is 6.58. The predicted molar refractivity (Wildman–Crippen MR) is 71.0 cm³/mol. The van der Waals surface area contributed by atoms with Crippen LogP contribution in [0.1, 0.15) is 17.0 Å². The molecule has 0 fully saturated rings. The fraction of sp³-hybridized carbons (Fsp3) is 0.267. The van der Waals surface area contributed by atoms with Crippen LogP contribution in [0, 0.1) is 0 Å². The molecule has 2 rings (SSSR count). The lowest BCUT2D eigenvalue weighted by atomic mass is 10.0. The van der Waals surface area contributed by atoms with E-state index in [0.717, 1.165) is 6.07 Å². The average Bonchev–Trinajstić information content (AvgIpc) is 2.48. The van der Waals surface area contributed by atoms with Gasteiger partial charge in [-0.05, 0) is 23.8 Å². The summed E-state index contributed by atoms with van der Waals surface area (Å²) < 4.78 is 43.8. The SMILES string of the molecule is OCC(COc1ccccc1C(F)(F)F)c1cccnc1. The molecule has 112 valence electrons. The fourth-order valence-corrected chi connectivity index (χ4v) is 1.89. The van der Waals surface area contributed by atoms with E-state index < -0.39 is 17.7 Å². The number of aliphatic hydroxyl groups is 1. The molecule has 0 radical (unpaired) electrons. The van der Waals surface area contributed by atoms with E-state index in [1.54, 1.807) is 24.5 Å². The Bertz CT molecular complexity index is 573. The van der Waals surface area contributed by atoms with E-state index in [-0.39, 0.29) is 19.0 Å². The predicted octanol–water partition coefficient (Wildman–Crippen LogP) is 3.26. The molecule has 0 amide bonds. The standard InChI is InChI=1S/C15H14F3NO2/c16-15(17,18)13-5-1-2-6-14(13)21-10-12(9-20)11-4-3-7-19-8-11/h1-8,12,20H,9-10H2. The largest absolute Gasteiger partial charge is 0.492 e. The van der Waals surface area contributed by atoms with E-state index in [1.807, 2.05) is 0 Å². The molecular formula is C15H14F3NO2. The van der Waals surface area contributed by atoms with Gasteiger partial charge in [-0.1, -0.05) is 18.2 Å². The van der Waals surface area contributed by atoms with E-state index >= 15 is 0 Å². The molecule has 0 aliphatic carbocycles. The summed E-state index contributed by atoms with van der Waals surface area (Å²) in [4.78, 5) is 3.92. The molecule has 21 heavy (non-hydrogen) atoms. The van der Waals surface area contributed by atoms with Gasteiger partial charge in [0, 0.05) is 18.3 Å². The maximum atomic E-state index is 12.8. The van der Waals surface area contributed by atoms with Gasteiger partial charge in [0.1, 0.15) is 5.75 Å². The Kier molecular flexibility index (Phi) is 4.80. The maximum absolute atomic E-state index is 12.8. The number of benzene rings is 1. The van der Waals surface area contributed by atoms with Crippen LogP contribution in [0.3, 0.4) is 0 Å². The summed E-state index contributed by atoms with van der Waals surface area (Å²) in [6, 6.07) is 8.45. The van der Waals surface area contributed by atoms with Crippen LogP contribution in [0.4, 0.5) is 13.2 Å². The second-order valence-corrected chi connectivity index (χ2v) is 4.47. The highest BCUT2D eigenvalue weighted by Crippen LogP contribution is 2.36. The van der Waals surface area contributed by atoms with Gasteiger partial charge in [-0.25, -0.2) is 0 Å². The first-order chi connectivity index (χ1) is 10.0. The Morgan fingerprint density at radius 2 is 1.90 bits per heavy atom. The maximum Gasteiger partial charge on any atom is 0.419 e. The number of hydrogen-bond acceptors (Lipinski definition) is 3. The third-order valence-corrected chi connectivity index (χ3v) is 3.01. The number of ether oxygens (including phenoxy) is 1. The van der Waals surface area contributed by atoms with Gasteiger partial charge in [0.05, 0.1) is 18.8 Å². The molecule has 2 aromatic rings. The van der Waals surface area contributed by atoms with E-state index in [9.17, 15) is 18.3 Å². The zero-order valence-corrected chi connectivity index (χ0v) is 11.0. The molecule has 1 N–H and O–H groups in total. The van der Waals surface area contributed by atoms with Crippen molar-refractivity contribution in [1.82, 2.24) is 4.98 Å². The molecule has 0 saturated carbocycles. The molecule has 0 spiro atoms. The Morgan fingerprint density at radius 1 is 1.14 bits per heavy atom. The minimum atomic E-state index is -4.47. The van der Waals surface area contributed by atoms with Crippen molar-refractivity contribution >= 4 is 0 Å². The molecule has 3 nitrogen and oxygen atoms in total. The molecule has 0 aliphatic heterocycles. The van der Waals surface area contributed by atoms with Gasteiger partial charge in [-0.3, -0.25) is 4.98 Å². The molecule has 0 bridgehead atoms. The fourth-order valence-electron chi connectivity index (χ4n) is 1.89. The van der Waals surface area contributed by atoms with E-state index in [1.165, 1.54) is 18.2 Å². The number of rotatable bonds is 5. The average molecular weight is 297 g/mol. The summed E-state index contributed by atoms with van der Waals surface area (Å²) in [5, 5.41) is 9.36. The van der Waals surface area contributed by atoms with Crippen molar-refractivity contribution in [2.45, 2.75) is 12.1 Å². The van der Waals surface area contributed by atoms with Crippen LogP contribution < -0.4 is 4.74 Å². The van der Waals surface area contributed by atoms with Crippen LogP contribution in [0.2, 0.25) is 0 Å². The minimum absolute atomic E-state index is 0.0602. The minimum Gasteiger partial charge on any atom is -0.492 e. The lowest BCUT2D eigenvalue weighted by molar-refractivity contribution is -0.139. The highest BCUT2D eigenvalue weighted by Gasteiger charge is 2.34. The van der Waals surface area contributed by atoms with Gasteiger partial charge < -0.3 is 9.84 Å². The summed E-state index contributed by atoms with van der Waals surface area (Å²) in [6.07, 6.45) is -1.34. The molecule has 6 heteroatoms. The van der Waals surface area contributed by atoms with Crippen LogP contribution in [-0.2, 0) is 6.18 Å². The summed E-state index contributed by atoms with van der Waals surface area (Å²) in [7, 11) is 0. The van der Waals surface area contributed by atoms with Crippen LogP contribution in [-0.4, -0.2) is 23.3 Å². The number of alkyl halides is 3. The third kappa shape index (κ3) is 3.95. The number of aromatic nitrogens is 1. The van der Waals surface area contributed by atoms with E-state index in [0.29, 0.717) is 5.56 Å². The molecule has 1 heterocycles. The van der Waals surface area contributed by atoms with Crippen LogP contribution in [0.5, 0.6) is 5.75 Å². The Labute approximate surface area is 120 Å². The topological polar surface area (TPSA) is 42.4 Å². The van der Waals surface area contributed by atoms with Gasteiger partial charge in [-0.15, -0.1) is 0 Å². The number of nitrogens with zero attached hydrogens (tertiary/aromatic N) is 1. The number of aliphatic hydroxyl groups excluding tert-OH is 1. The summed E-state index contributed by atoms with van der Waals surface area (Å²) in [5.41, 5.74) is -0.114. The summed E-state index contributed by atoms with van der Waals surface area (Å²) in [5.74, 6) is -0.674. The Hall–Kier alpha value is -2.08. The number of pyridine rings is 1. The quantitative estimate of drug-likeness (QED) is 0.921. The smallest absolute Gasteiger partial charge is 0.419 e. The van der Waals surface area contributed by atoms with Gasteiger partial charge in [0.25, 0.3) is 0 Å². The Balaban J connectivity index is 2.13.